The second kappa shape index (κ2) is 11.7. The number of aliphatic hydroxyl groups is 1. The highest BCUT2D eigenvalue weighted by Gasteiger charge is 2.33. The summed E-state index contributed by atoms with van der Waals surface area (Å²) in [5, 5.41) is 13.6. The van der Waals surface area contributed by atoms with Gasteiger partial charge in [-0.1, -0.05) is 72.6 Å². The summed E-state index contributed by atoms with van der Waals surface area (Å²) in [6, 6.07) is 13.5. The molecule has 2 aromatic carbocycles. The quantitative estimate of drug-likeness (QED) is 0.428. The predicted octanol–water partition coefficient (Wildman–Crippen LogP) is 5.64. The number of aliphatic hydroxyl groups excluding tert-OH is 1. The van der Waals surface area contributed by atoms with Gasteiger partial charge < -0.3 is 9.63 Å². The Hall–Kier alpha value is -2.86. The van der Waals surface area contributed by atoms with Crippen molar-refractivity contribution in [3.63, 3.8) is 0 Å². The average Bonchev–Trinajstić information content (AvgIpc) is 3.42. The minimum Gasteiger partial charge on any atom is -0.462 e. The van der Waals surface area contributed by atoms with Crippen LogP contribution in [0.4, 0.5) is 0 Å². The summed E-state index contributed by atoms with van der Waals surface area (Å²) in [5.74, 6) is 3.31. The zero-order chi connectivity index (χ0) is 24.7. The van der Waals surface area contributed by atoms with Gasteiger partial charge in [0.2, 0.25) is 22.2 Å². The van der Waals surface area contributed by atoms with Crippen LogP contribution in [0.25, 0.3) is 11.4 Å². The molecule has 1 N–H and O–H groups in total. The summed E-state index contributed by atoms with van der Waals surface area (Å²) in [5.41, 5.74) is 1.63. The summed E-state index contributed by atoms with van der Waals surface area (Å²) in [7, 11) is -3.82. The van der Waals surface area contributed by atoms with E-state index in [0.717, 1.165) is 49.7 Å². The van der Waals surface area contributed by atoms with E-state index in [0.29, 0.717) is 17.3 Å². The first-order valence-electron chi connectivity index (χ1n) is 11.7. The van der Waals surface area contributed by atoms with E-state index in [1.165, 1.54) is 6.39 Å². The monoisotopic (exact) mass is 513 g/mol. The Bertz CT molecular complexity index is 1250. The molecule has 0 radical (unpaired) electrons. The molecule has 0 aliphatic heterocycles. The molecule has 3 aromatic rings. The van der Waals surface area contributed by atoms with E-state index in [2.05, 4.69) is 22.2 Å². The van der Waals surface area contributed by atoms with Crippen molar-refractivity contribution in [1.29, 1.82) is 0 Å². The Morgan fingerprint density at radius 3 is 2.40 bits per heavy atom. The van der Waals surface area contributed by atoms with Crippen LogP contribution in [0.5, 0.6) is 0 Å². The number of nitrogens with zero attached hydrogens (tertiary/aromatic N) is 3. The van der Waals surface area contributed by atoms with E-state index < -0.39 is 10.0 Å². The molecular formula is C26H28ClN3O4S. The highest BCUT2D eigenvalue weighted by atomic mass is 35.5. The highest BCUT2D eigenvalue weighted by Crippen LogP contribution is 2.31. The van der Waals surface area contributed by atoms with Crippen molar-refractivity contribution in [2.24, 2.45) is 5.92 Å². The SMILES string of the molecule is O=S(=O)(c1ccc(Cl)cc1)N(Cc1ccc(-c2ncon2)cc1)C1CCCCCCC(C#CO)C1. The molecule has 1 aliphatic carbocycles. The number of benzene rings is 2. The fraction of sp³-hybridized carbons (Fsp3) is 0.385. The molecule has 9 heteroatoms. The molecule has 1 aliphatic rings. The summed E-state index contributed by atoms with van der Waals surface area (Å²) in [6.07, 6.45) is 9.57. The maximum absolute atomic E-state index is 13.9. The van der Waals surface area contributed by atoms with Crippen LogP contribution in [0.2, 0.25) is 5.02 Å². The van der Waals surface area contributed by atoms with Crippen LogP contribution in [0.3, 0.4) is 0 Å². The van der Waals surface area contributed by atoms with E-state index in [1.807, 2.05) is 24.3 Å². The van der Waals surface area contributed by atoms with Gasteiger partial charge in [-0.25, -0.2) is 8.42 Å². The van der Waals surface area contributed by atoms with Gasteiger partial charge in [-0.3, -0.25) is 0 Å². The van der Waals surface area contributed by atoms with Crippen molar-refractivity contribution in [2.75, 3.05) is 0 Å². The fourth-order valence-corrected chi connectivity index (χ4v) is 6.34. The van der Waals surface area contributed by atoms with Gasteiger partial charge >= 0.3 is 0 Å². The smallest absolute Gasteiger partial charge is 0.243 e. The molecule has 1 saturated carbocycles. The summed E-state index contributed by atoms with van der Waals surface area (Å²) in [4.78, 5) is 4.27. The molecule has 0 bridgehead atoms. The lowest BCUT2D eigenvalue weighted by Crippen LogP contribution is -2.40. The molecule has 2 unspecified atom stereocenters. The molecule has 0 amide bonds. The van der Waals surface area contributed by atoms with Crippen LogP contribution in [0.1, 0.15) is 50.5 Å². The third-order valence-electron chi connectivity index (χ3n) is 6.40. The van der Waals surface area contributed by atoms with Crippen molar-refractivity contribution >= 4 is 21.6 Å². The van der Waals surface area contributed by atoms with Crippen molar-refractivity contribution < 1.29 is 18.0 Å². The molecule has 0 spiro atoms. The van der Waals surface area contributed by atoms with E-state index in [-0.39, 0.29) is 23.4 Å². The largest absolute Gasteiger partial charge is 0.462 e. The van der Waals surface area contributed by atoms with Crippen molar-refractivity contribution in [3.05, 3.63) is 65.5 Å². The van der Waals surface area contributed by atoms with Gasteiger partial charge in [0.15, 0.2) is 0 Å². The number of rotatable bonds is 6. The Labute approximate surface area is 211 Å². The van der Waals surface area contributed by atoms with Crippen molar-refractivity contribution in [3.8, 4) is 23.4 Å². The number of hydrogen-bond acceptors (Lipinski definition) is 6. The summed E-state index contributed by atoms with van der Waals surface area (Å²) in [6.45, 7) is 0.210. The van der Waals surface area contributed by atoms with Crippen LogP contribution < -0.4 is 0 Å². The van der Waals surface area contributed by atoms with Gasteiger partial charge in [0.05, 0.1) is 4.90 Å². The Balaban J connectivity index is 1.69. The average molecular weight is 514 g/mol. The van der Waals surface area contributed by atoms with Crippen LogP contribution in [-0.2, 0) is 16.6 Å². The van der Waals surface area contributed by atoms with Crippen LogP contribution in [0, 0.1) is 17.9 Å². The van der Waals surface area contributed by atoms with Gasteiger partial charge in [0.1, 0.15) is 6.11 Å². The number of halogens is 1. The minimum atomic E-state index is -3.82. The van der Waals surface area contributed by atoms with Gasteiger partial charge in [0, 0.05) is 29.1 Å². The molecule has 4 rings (SSSR count). The summed E-state index contributed by atoms with van der Waals surface area (Å²) < 4.78 is 34.2. The van der Waals surface area contributed by atoms with Crippen LogP contribution in [-0.4, -0.2) is 34.0 Å². The lowest BCUT2D eigenvalue weighted by Gasteiger charge is -2.32. The van der Waals surface area contributed by atoms with Crippen molar-refractivity contribution in [2.45, 2.75) is 62.4 Å². The Kier molecular flexibility index (Phi) is 8.45. The van der Waals surface area contributed by atoms with Gasteiger partial charge in [0.25, 0.3) is 0 Å². The molecule has 7 nitrogen and oxygen atoms in total. The second-order valence-corrected chi connectivity index (χ2v) is 11.1. The van der Waals surface area contributed by atoms with E-state index in [4.69, 9.17) is 16.1 Å². The van der Waals surface area contributed by atoms with E-state index in [1.54, 1.807) is 28.6 Å². The molecule has 2 atom stereocenters. The standard InChI is InChI=1S/C26H28ClN3O4S/c27-23-11-13-25(14-12-23)35(32,33)30(24-6-4-2-1-3-5-20(17-24)15-16-31)18-21-7-9-22(10-8-21)26-28-19-34-29-26/h7-14,19-20,24,31H,1-6,17-18H2. The first-order valence-corrected chi connectivity index (χ1v) is 13.6. The third-order valence-corrected chi connectivity index (χ3v) is 8.57. The lowest BCUT2D eigenvalue weighted by molar-refractivity contribution is 0.261. The molecular weight excluding hydrogens is 486 g/mol. The van der Waals surface area contributed by atoms with E-state index in [9.17, 15) is 13.5 Å². The first kappa shape index (κ1) is 25.2. The topological polar surface area (TPSA) is 96.5 Å². The minimum absolute atomic E-state index is 0.0633. The van der Waals surface area contributed by atoms with Crippen LogP contribution in [0.15, 0.2) is 64.3 Å². The normalized spacial score (nSPS) is 19.3. The number of hydrogen-bond donors (Lipinski definition) is 1. The van der Waals surface area contributed by atoms with Crippen molar-refractivity contribution in [1.82, 2.24) is 14.4 Å². The Morgan fingerprint density at radius 1 is 1.03 bits per heavy atom. The molecule has 1 aromatic heterocycles. The first-order chi connectivity index (χ1) is 17.0. The number of aromatic nitrogens is 2. The van der Waals surface area contributed by atoms with Gasteiger partial charge in [-0.05, 0) is 49.1 Å². The zero-order valence-corrected chi connectivity index (χ0v) is 20.9. The van der Waals surface area contributed by atoms with Gasteiger partial charge in [-0.2, -0.15) is 9.29 Å². The van der Waals surface area contributed by atoms with E-state index >= 15 is 0 Å². The van der Waals surface area contributed by atoms with Crippen LogP contribution >= 0.6 is 11.6 Å². The van der Waals surface area contributed by atoms with Gasteiger partial charge in [-0.15, -0.1) is 0 Å². The molecule has 1 fully saturated rings. The Morgan fingerprint density at radius 2 is 1.74 bits per heavy atom. The molecule has 0 saturated heterocycles. The third kappa shape index (κ3) is 6.43. The maximum atomic E-state index is 13.9. The predicted molar refractivity (Wildman–Crippen MR) is 133 cm³/mol. The molecule has 35 heavy (non-hydrogen) atoms. The molecule has 1 heterocycles. The lowest BCUT2D eigenvalue weighted by atomic mass is 9.94. The highest BCUT2D eigenvalue weighted by molar-refractivity contribution is 7.89. The zero-order valence-electron chi connectivity index (χ0n) is 19.3. The maximum Gasteiger partial charge on any atom is 0.243 e. The molecule has 184 valence electrons. The fourth-order valence-electron chi connectivity index (χ4n) is 4.56. The number of sulfonamides is 1. The summed E-state index contributed by atoms with van der Waals surface area (Å²) >= 11 is 6.02. The second-order valence-electron chi connectivity index (χ2n) is 8.79.